The van der Waals surface area contributed by atoms with Gasteiger partial charge in [0.2, 0.25) is 0 Å². The number of thioether (sulfide) groups is 1. The number of carboxylic acids is 1. The maximum atomic E-state index is 12.4. The first-order chi connectivity index (χ1) is 17.6. The molecule has 3 aliphatic rings. The Morgan fingerprint density at radius 3 is 2.72 bits per heavy atom. The molecule has 1 fully saturated rings. The molecule has 0 bridgehead atoms. The van der Waals surface area contributed by atoms with Gasteiger partial charge in [-0.1, -0.05) is 42.1 Å². The molecule has 1 saturated heterocycles. The molecule has 36 heavy (non-hydrogen) atoms. The van der Waals surface area contributed by atoms with E-state index in [-0.39, 0.29) is 29.3 Å². The minimum atomic E-state index is -1.11. The first-order valence-electron chi connectivity index (χ1n) is 12.2. The molecule has 0 spiro atoms. The smallest absolute Gasteiger partial charge is 0.336 e. The lowest BCUT2D eigenvalue weighted by atomic mass is 10.1. The maximum Gasteiger partial charge on any atom is 0.336 e. The van der Waals surface area contributed by atoms with Crippen LogP contribution in [0.15, 0.2) is 58.7 Å². The molecule has 2 atom stereocenters. The van der Waals surface area contributed by atoms with Crippen molar-refractivity contribution in [3.05, 3.63) is 65.2 Å². The highest BCUT2D eigenvalue weighted by Gasteiger charge is 2.38. The third-order valence-corrected chi connectivity index (χ3v) is 7.54. The highest BCUT2D eigenvalue weighted by Crippen LogP contribution is 2.32. The Morgan fingerprint density at radius 1 is 1.11 bits per heavy atom. The van der Waals surface area contributed by atoms with Crippen molar-refractivity contribution in [1.82, 2.24) is 10.2 Å². The van der Waals surface area contributed by atoms with Crippen LogP contribution in [0, 0.1) is 0 Å². The Labute approximate surface area is 214 Å². The summed E-state index contributed by atoms with van der Waals surface area (Å²) in [5.41, 5.74) is 3.29. The summed E-state index contributed by atoms with van der Waals surface area (Å²) in [6.07, 6.45) is 3.90. The van der Waals surface area contributed by atoms with E-state index in [0.717, 1.165) is 66.7 Å². The van der Waals surface area contributed by atoms with Crippen molar-refractivity contribution in [2.45, 2.75) is 38.0 Å². The molecule has 3 heterocycles. The number of carbonyl (C=O) groups excluding carboxylic acids is 1. The minimum Gasteiger partial charge on any atom is -0.478 e. The molecule has 10 heteroatoms. The number of nitrogens with zero attached hydrogens (tertiary/aromatic N) is 3. The van der Waals surface area contributed by atoms with Crippen LogP contribution in [-0.4, -0.2) is 70.5 Å². The fraction of sp³-hybridized carbons (Fsp3) is 0.385. The lowest BCUT2D eigenvalue weighted by Gasteiger charge is -2.35. The Balaban J connectivity index is 1.15. The van der Waals surface area contributed by atoms with E-state index >= 15 is 0 Å². The second-order valence-electron chi connectivity index (χ2n) is 8.91. The SMILES string of the molecule is O=C(O)c1ccccc1C(=O)NCCCCSC1=NN=C2c3ccccc3NC2N1CC1CCCO1. The number of nitrogens with one attached hydrogen (secondary N) is 2. The van der Waals surface area contributed by atoms with Crippen molar-refractivity contribution in [2.24, 2.45) is 10.2 Å². The van der Waals surface area contributed by atoms with Crippen LogP contribution in [0.3, 0.4) is 0 Å². The molecule has 0 saturated carbocycles. The average Bonchev–Trinajstić information content (AvgIpc) is 3.54. The number of amides is 1. The molecule has 3 N–H and O–H groups in total. The summed E-state index contributed by atoms with van der Waals surface area (Å²) in [4.78, 5) is 26.0. The van der Waals surface area contributed by atoms with E-state index in [4.69, 9.17) is 4.74 Å². The van der Waals surface area contributed by atoms with Crippen molar-refractivity contribution >= 4 is 40.2 Å². The molecule has 2 aromatic carbocycles. The lowest BCUT2D eigenvalue weighted by molar-refractivity contribution is 0.0691. The van der Waals surface area contributed by atoms with E-state index in [1.807, 2.05) is 12.1 Å². The first kappa shape index (κ1) is 24.3. The topological polar surface area (TPSA) is 116 Å². The summed E-state index contributed by atoms with van der Waals surface area (Å²) in [6, 6.07) is 14.4. The van der Waals surface area contributed by atoms with Crippen LogP contribution in [0.5, 0.6) is 0 Å². The molecule has 0 aliphatic carbocycles. The van der Waals surface area contributed by atoms with E-state index in [1.54, 1.807) is 23.9 Å². The van der Waals surface area contributed by atoms with Crippen LogP contribution >= 0.6 is 11.8 Å². The van der Waals surface area contributed by atoms with Crippen molar-refractivity contribution < 1.29 is 19.4 Å². The number of rotatable bonds is 9. The molecule has 0 aromatic heterocycles. The number of anilines is 1. The zero-order valence-corrected chi connectivity index (χ0v) is 20.7. The summed E-state index contributed by atoms with van der Waals surface area (Å²) in [7, 11) is 0. The Kier molecular flexibility index (Phi) is 7.52. The van der Waals surface area contributed by atoms with Crippen molar-refractivity contribution in [1.29, 1.82) is 0 Å². The van der Waals surface area contributed by atoms with Crippen LogP contribution in [0.2, 0.25) is 0 Å². The molecule has 0 radical (unpaired) electrons. The van der Waals surface area contributed by atoms with Crippen molar-refractivity contribution in [3.8, 4) is 0 Å². The summed E-state index contributed by atoms with van der Waals surface area (Å²) in [5, 5.41) is 25.7. The molecule has 9 nitrogen and oxygen atoms in total. The normalized spacial score (nSPS) is 20.2. The predicted octanol–water partition coefficient (Wildman–Crippen LogP) is 3.63. The number of aromatic carboxylic acids is 1. The van der Waals surface area contributed by atoms with Gasteiger partial charge in [0.1, 0.15) is 11.9 Å². The number of unbranched alkanes of at least 4 members (excludes halogenated alkanes) is 1. The van der Waals surface area contributed by atoms with E-state index in [9.17, 15) is 14.7 Å². The monoisotopic (exact) mass is 507 g/mol. The molecule has 5 rings (SSSR count). The van der Waals surface area contributed by atoms with Gasteiger partial charge in [0.25, 0.3) is 5.91 Å². The standard InChI is InChI=1S/C26H29N5O4S/c32-24(18-9-1-2-10-19(18)25(33)34)27-13-5-6-15-36-26-30-29-22-20-11-3-4-12-21(20)28-23(22)31(26)16-17-8-7-14-35-17/h1-4,9-12,17,23,28H,5-8,13-16H2,(H,27,32)(H,33,34). The van der Waals surface area contributed by atoms with Crippen LogP contribution in [-0.2, 0) is 4.74 Å². The number of hydrogen-bond donors (Lipinski definition) is 3. The van der Waals surface area contributed by atoms with Crippen LogP contribution in [0.1, 0.15) is 52.0 Å². The highest BCUT2D eigenvalue weighted by atomic mass is 32.2. The first-order valence-corrected chi connectivity index (χ1v) is 13.2. The second-order valence-corrected chi connectivity index (χ2v) is 9.97. The third kappa shape index (κ3) is 5.24. The van der Waals surface area contributed by atoms with E-state index in [1.165, 1.54) is 12.1 Å². The highest BCUT2D eigenvalue weighted by molar-refractivity contribution is 8.13. The fourth-order valence-electron chi connectivity index (χ4n) is 4.65. The Morgan fingerprint density at radius 2 is 1.92 bits per heavy atom. The number of amidine groups is 1. The van der Waals surface area contributed by atoms with Crippen LogP contribution < -0.4 is 10.6 Å². The summed E-state index contributed by atoms with van der Waals surface area (Å²) < 4.78 is 5.92. The maximum absolute atomic E-state index is 12.4. The summed E-state index contributed by atoms with van der Waals surface area (Å²) in [6.45, 7) is 2.04. The molecule has 2 aromatic rings. The Bertz CT molecular complexity index is 1190. The number of carbonyl (C=O) groups is 2. The van der Waals surface area contributed by atoms with Gasteiger partial charge in [-0.3, -0.25) is 4.79 Å². The third-order valence-electron chi connectivity index (χ3n) is 6.47. The molecular weight excluding hydrogens is 478 g/mol. The van der Waals surface area contributed by atoms with E-state index < -0.39 is 5.97 Å². The van der Waals surface area contributed by atoms with Gasteiger partial charge in [0.05, 0.1) is 17.2 Å². The zero-order valence-electron chi connectivity index (χ0n) is 19.9. The molecular formula is C26H29N5O4S. The Hall–Kier alpha value is -3.37. The number of fused-ring (bicyclic) bond motifs is 3. The second kappa shape index (κ2) is 11.1. The van der Waals surface area contributed by atoms with Crippen LogP contribution in [0.4, 0.5) is 5.69 Å². The lowest BCUT2D eigenvalue weighted by Crippen LogP contribution is -2.50. The van der Waals surface area contributed by atoms with Gasteiger partial charge in [-0.15, -0.1) is 10.2 Å². The molecule has 1 amide bonds. The van der Waals surface area contributed by atoms with Crippen molar-refractivity contribution in [3.63, 3.8) is 0 Å². The largest absolute Gasteiger partial charge is 0.478 e. The van der Waals surface area contributed by atoms with Gasteiger partial charge in [0, 0.05) is 36.7 Å². The van der Waals surface area contributed by atoms with Gasteiger partial charge in [-0.05, 0) is 43.9 Å². The van der Waals surface area contributed by atoms with Gasteiger partial charge in [-0.25, -0.2) is 4.79 Å². The van der Waals surface area contributed by atoms with Gasteiger partial charge in [0.15, 0.2) is 5.17 Å². The van der Waals surface area contributed by atoms with Crippen LogP contribution in [0.25, 0.3) is 0 Å². The molecule has 188 valence electrons. The van der Waals surface area contributed by atoms with E-state index in [0.29, 0.717) is 6.54 Å². The van der Waals surface area contributed by atoms with Gasteiger partial charge >= 0.3 is 5.97 Å². The van der Waals surface area contributed by atoms with Crippen molar-refractivity contribution in [2.75, 3.05) is 30.8 Å². The number of carboxylic acid groups (broad SMARTS) is 1. The summed E-state index contributed by atoms with van der Waals surface area (Å²) >= 11 is 1.66. The molecule has 2 unspecified atom stereocenters. The minimum absolute atomic E-state index is 0.00907. The van der Waals surface area contributed by atoms with E-state index in [2.05, 4.69) is 37.9 Å². The summed E-state index contributed by atoms with van der Waals surface area (Å²) in [5.74, 6) is -0.648. The average molecular weight is 508 g/mol. The fourth-order valence-corrected chi connectivity index (χ4v) is 5.63. The predicted molar refractivity (Wildman–Crippen MR) is 141 cm³/mol. The molecule has 3 aliphatic heterocycles. The zero-order chi connectivity index (χ0) is 24.9. The number of para-hydroxylation sites is 1. The number of benzene rings is 2. The quantitative estimate of drug-likeness (QED) is 0.444. The van der Waals surface area contributed by atoms with Gasteiger partial charge < -0.3 is 25.4 Å². The van der Waals surface area contributed by atoms with Gasteiger partial charge in [-0.2, -0.15) is 0 Å². The number of hydrogen-bond acceptors (Lipinski definition) is 8. The number of ether oxygens (including phenoxy) is 1.